The Labute approximate surface area is 289 Å². The maximum Gasteiger partial charge on any atom is 0.315 e. The number of rotatable bonds is 20. The molecule has 0 heterocycles. The lowest BCUT2D eigenvalue weighted by molar-refractivity contribution is -0.124. The molecule has 0 aliphatic rings. The number of carbonyl (C=O) groups excluding carboxylic acids is 2. The van der Waals surface area contributed by atoms with Gasteiger partial charge in [0.1, 0.15) is 17.7 Å². The molecule has 0 bridgehead atoms. The number of aliphatic hydroxyl groups excluding tert-OH is 1. The van der Waals surface area contributed by atoms with Crippen LogP contribution in [0.1, 0.15) is 68.7 Å². The summed E-state index contributed by atoms with van der Waals surface area (Å²) in [6.07, 6.45) is 1.51. The summed E-state index contributed by atoms with van der Waals surface area (Å²) in [6, 6.07) is 16.6. The van der Waals surface area contributed by atoms with Gasteiger partial charge < -0.3 is 26.4 Å². The normalized spacial score (nSPS) is 13.4. The lowest BCUT2D eigenvalue weighted by Crippen LogP contribution is -2.58. The van der Waals surface area contributed by atoms with E-state index in [-0.39, 0.29) is 25.1 Å². The average molecular weight is 701 g/mol. The molecular weight excluding hydrogens is 650 g/mol. The molecule has 0 spiro atoms. The minimum absolute atomic E-state index is 0.00211. The number of amides is 3. The summed E-state index contributed by atoms with van der Waals surface area (Å²) in [5.41, 5.74) is 3.13. The van der Waals surface area contributed by atoms with E-state index in [9.17, 15) is 31.9 Å². The third-order valence-corrected chi connectivity index (χ3v) is 10.6. The van der Waals surface area contributed by atoms with Crippen LogP contribution in [0.2, 0.25) is 0 Å². The second-order valence-corrected chi connectivity index (χ2v) is 14.7. The zero-order valence-corrected chi connectivity index (χ0v) is 29.4. The molecule has 3 aromatic carbocycles. The third-order valence-electron chi connectivity index (χ3n) is 8.30. The Morgan fingerprint density at radius 2 is 1.41 bits per heavy atom. The molecule has 3 aromatic rings. The SMILES string of the molecule is CCCC(CCC)S(=O)(=O)CC(NC(=O)NCc1ccccc1)C(=O)N[C@@H](Cc1cc(F)cc(F)c1)[C@H](O)CNCc1cccc(CC)c1. The van der Waals surface area contributed by atoms with E-state index in [0.29, 0.717) is 32.2 Å². The van der Waals surface area contributed by atoms with E-state index < -0.39 is 62.6 Å². The molecular formula is C37H50F2N4O5S. The highest BCUT2D eigenvalue weighted by molar-refractivity contribution is 7.92. The number of hydrogen-bond acceptors (Lipinski definition) is 6. The Morgan fingerprint density at radius 3 is 2.04 bits per heavy atom. The first-order valence-corrected chi connectivity index (χ1v) is 18.7. The second-order valence-electron chi connectivity index (χ2n) is 12.4. The van der Waals surface area contributed by atoms with E-state index in [1.54, 1.807) is 0 Å². The number of halogens is 2. The minimum Gasteiger partial charge on any atom is -0.390 e. The van der Waals surface area contributed by atoms with Crippen LogP contribution in [-0.4, -0.2) is 61.2 Å². The number of sulfone groups is 1. The number of benzene rings is 3. The number of aryl methyl sites for hydroxylation is 1. The van der Waals surface area contributed by atoms with Crippen LogP contribution < -0.4 is 21.3 Å². The fourth-order valence-corrected chi connectivity index (χ4v) is 7.86. The largest absolute Gasteiger partial charge is 0.390 e. The Bertz CT molecular complexity index is 1570. The van der Waals surface area contributed by atoms with Crippen LogP contribution in [0.4, 0.5) is 13.6 Å². The molecule has 0 aliphatic heterocycles. The molecule has 49 heavy (non-hydrogen) atoms. The lowest BCUT2D eigenvalue weighted by atomic mass is 10.00. The van der Waals surface area contributed by atoms with Gasteiger partial charge >= 0.3 is 6.03 Å². The summed E-state index contributed by atoms with van der Waals surface area (Å²) in [5, 5.41) is 21.6. The average Bonchev–Trinajstić information content (AvgIpc) is 3.06. The third kappa shape index (κ3) is 13.5. The molecule has 0 saturated carbocycles. The van der Waals surface area contributed by atoms with Crippen molar-refractivity contribution in [1.29, 1.82) is 0 Å². The summed E-state index contributed by atoms with van der Waals surface area (Å²) < 4.78 is 55.4. The molecule has 3 amide bonds. The van der Waals surface area contributed by atoms with E-state index in [1.165, 1.54) is 0 Å². The van der Waals surface area contributed by atoms with Gasteiger partial charge in [-0.1, -0.05) is 88.2 Å². The quantitative estimate of drug-likeness (QED) is 0.113. The molecule has 0 aliphatic carbocycles. The van der Waals surface area contributed by atoms with Crippen LogP contribution in [0.15, 0.2) is 72.8 Å². The molecule has 268 valence electrons. The van der Waals surface area contributed by atoms with E-state index in [2.05, 4.69) is 21.3 Å². The molecule has 0 fully saturated rings. The first-order chi connectivity index (χ1) is 23.4. The molecule has 0 saturated heterocycles. The Hall–Kier alpha value is -3.87. The van der Waals surface area contributed by atoms with Gasteiger partial charge in [-0.3, -0.25) is 4.79 Å². The smallest absolute Gasteiger partial charge is 0.315 e. The van der Waals surface area contributed by atoms with Gasteiger partial charge in [0.05, 0.1) is 23.1 Å². The maximum absolute atomic E-state index is 14.1. The molecule has 3 rings (SSSR count). The Kier molecular flexibility index (Phi) is 16.1. The molecule has 9 nitrogen and oxygen atoms in total. The van der Waals surface area contributed by atoms with E-state index in [0.717, 1.165) is 41.3 Å². The van der Waals surface area contributed by atoms with E-state index in [4.69, 9.17) is 0 Å². The van der Waals surface area contributed by atoms with Crippen LogP contribution >= 0.6 is 0 Å². The van der Waals surface area contributed by atoms with Crippen molar-refractivity contribution in [1.82, 2.24) is 21.3 Å². The predicted octanol–water partition coefficient (Wildman–Crippen LogP) is 4.96. The fraction of sp³-hybridized carbons (Fsp3) is 0.459. The van der Waals surface area contributed by atoms with Crippen molar-refractivity contribution in [3.63, 3.8) is 0 Å². The van der Waals surface area contributed by atoms with Gasteiger partial charge in [0.25, 0.3) is 0 Å². The van der Waals surface area contributed by atoms with Crippen molar-refractivity contribution in [3.8, 4) is 0 Å². The topological polar surface area (TPSA) is 137 Å². The summed E-state index contributed by atoms with van der Waals surface area (Å²) in [4.78, 5) is 26.9. The highest BCUT2D eigenvalue weighted by atomic mass is 32.2. The van der Waals surface area contributed by atoms with Crippen LogP contribution in [0.3, 0.4) is 0 Å². The van der Waals surface area contributed by atoms with Crippen molar-refractivity contribution >= 4 is 21.8 Å². The predicted molar refractivity (Wildman–Crippen MR) is 189 cm³/mol. The molecule has 3 atom stereocenters. The lowest BCUT2D eigenvalue weighted by Gasteiger charge is -2.28. The molecule has 5 N–H and O–H groups in total. The van der Waals surface area contributed by atoms with Crippen molar-refractivity contribution in [2.75, 3.05) is 12.3 Å². The van der Waals surface area contributed by atoms with Crippen LogP contribution in [0.5, 0.6) is 0 Å². The summed E-state index contributed by atoms with van der Waals surface area (Å²) in [6.45, 7) is 6.37. The van der Waals surface area contributed by atoms with Crippen molar-refractivity contribution in [2.45, 2.75) is 95.8 Å². The van der Waals surface area contributed by atoms with Crippen LogP contribution in [-0.2, 0) is 40.6 Å². The fourth-order valence-electron chi connectivity index (χ4n) is 5.70. The maximum atomic E-state index is 14.1. The highest BCUT2D eigenvalue weighted by Gasteiger charge is 2.34. The number of urea groups is 1. The van der Waals surface area contributed by atoms with Gasteiger partial charge in [0.15, 0.2) is 9.84 Å². The Morgan fingerprint density at radius 1 is 0.776 bits per heavy atom. The minimum atomic E-state index is -3.86. The van der Waals surface area contributed by atoms with Crippen molar-refractivity contribution < 1.29 is 31.9 Å². The number of aliphatic hydroxyl groups is 1. The Balaban J connectivity index is 1.84. The summed E-state index contributed by atoms with van der Waals surface area (Å²) in [5.74, 6) is -3.14. The van der Waals surface area contributed by atoms with Crippen molar-refractivity contribution in [2.24, 2.45) is 0 Å². The van der Waals surface area contributed by atoms with Gasteiger partial charge in [0.2, 0.25) is 5.91 Å². The van der Waals surface area contributed by atoms with Gasteiger partial charge in [-0.15, -0.1) is 0 Å². The standard InChI is InChI=1S/C37H50F2N4O5S/c1-4-11-32(12-5-2)49(47,48)25-34(43-37(46)41-23-27-13-8-7-9-14-27)36(45)42-33(20-29-18-30(38)21-31(39)19-29)35(44)24-40-22-28-16-10-15-26(6-3)17-28/h7-10,13-19,21,32-35,40,44H,4-6,11-12,20,22-25H2,1-3H3,(H,42,45)(H2,41,43,46)/t33-,34?,35+/m0/s1. The second kappa shape index (κ2) is 20.0. The van der Waals surface area contributed by atoms with Gasteiger partial charge in [-0.05, 0) is 60.1 Å². The number of hydrogen-bond donors (Lipinski definition) is 5. The first-order valence-electron chi connectivity index (χ1n) is 17.0. The highest BCUT2D eigenvalue weighted by Crippen LogP contribution is 2.18. The molecule has 12 heteroatoms. The zero-order chi connectivity index (χ0) is 35.8. The van der Waals surface area contributed by atoms with Crippen LogP contribution in [0, 0.1) is 11.6 Å². The molecule has 1 unspecified atom stereocenters. The summed E-state index contributed by atoms with van der Waals surface area (Å²) >= 11 is 0. The van der Waals surface area contributed by atoms with E-state index >= 15 is 0 Å². The van der Waals surface area contributed by atoms with Gasteiger partial charge in [-0.2, -0.15) is 0 Å². The van der Waals surface area contributed by atoms with E-state index in [1.807, 2.05) is 75.4 Å². The van der Waals surface area contributed by atoms with Crippen molar-refractivity contribution in [3.05, 3.63) is 107 Å². The number of carbonyl (C=O) groups is 2. The number of nitrogens with one attached hydrogen (secondary N) is 4. The van der Waals surface area contributed by atoms with Gasteiger partial charge in [0, 0.05) is 25.7 Å². The van der Waals surface area contributed by atoms with Gasteiger partial charge in [-0.25, -0.2) is 22.0 Å². The summed E-state index contributed by atoms with van der Waals surface area (Å²) in [7, 11) is -3.86. The molecule has 0 aromatic heterocycles. The molecule has 0 radical (unpaired) electrons. The zero-order valence-electron chi connectivity index (χ0n) is 28.6. The van der Waals surface area contributed by atoms with Crippen LogP contribution in [0.25, 0.3) is 0 Å². The first kappa shape index (κ1) is 39.6. The monoisotopic (exact) mass is 700 g/mol.